The Kier molecular flexibility index (Phi) is 4.09. The molecule has 0 aliphatic carbocycles. The molecule has 0 unspecified atom stereocenters. The maximum absolute atomic E-state index is 12.4. The number of aromatic nitrogens is 2. The van der Waals surface area contributed by atoms with Crippen LogP contribution in [0.5, 0.6) is 0 Å². The summed E-state index contributed by atoms with van der Waals surface area (Å²) in [7, 11) is 0. The van der Waals surface area contributed by atoms with Crippen LogP contribution in [-0.2, 0) is 11.3 Å². The molecule has 0 spiro atoms. The van der Waals surface area contributed by atoms with Crippen molar-refractivity contribution in [3.63, 3.8) is 0 Å². The number of hydrogen-bond acceptors (Lipinski definition) is 3. The van der Waals surface area contributed by atoms with Gasteiger partial charge in [0.15, 0.2) is 0 Å². The number of carbonyl (C=O) groups is 1. The van der Waals surface area contributed by atoms with E-state index in [0.717, 1.165) is 19.3 Å². The molecule has 1 N–H and O–H groups in total. The van der Waals surface area contributed by atoms with E-state index in [1.54, 1.807) is 29.2 Å². The van der Waals surface area contributed by atoms with E-state index >= 15 is 0 Å². The zero-order valence-electron chi connectivity index (χ0n) is 12.4. The Hall–Kier alpha value is -2.37. The number of benzene rings is 1. The van der Waals surface area contributed by atoms with Crippen LogP contribution in [-0.4, -0.2) is 33.4 Å². The first-order valence-electron chi connectivity index (χ1n) is 7.66. The monoisotopic (exact) mass is 301 g/mol. The van der Waals surface area contributed by atoms with Gasteiger partial charge in [0, 0.05) is 26.1 Å². The standard InChI is InChI=1S/C16H19N3O3/c20-14-8-2-1-5-9-18(14)10-11-19-15(21)12-6-3-4-7-13(12)17-16(19)22/h3-4,6-7H,1-2,5,8-11H2,(H,17,22). The maximum atomic E-state index is 12.4. The first-order chi connectivity index (χ1) is 10.7. The van der Waals surface area contributed by atoms with Crippen LogP contribution in [0.1, 0.15) is 25.7 Å². The molecule has 1 fully saturated rings. The van der Waals surface area contributed by atoms with Crippen molar-refractivity contribution in [3.05, 3.63) is 45.1 Å². The fourth-order valence-electron chi connectivity index (χ4n) is 2.90. The normalized spacial score (nSPS) is 16.0. The van der Waals surface area contributed by atoms with Gasteiger partial charge in [0.2, 0.25) is 5.91 Å². The number of aromatic amines is 1. The van der Waals surface area contributed by atoms with Crippen molar-refractivity contribution in [3.8, 4) is 0 Å². The molecule has 1 amide bonds. The Morgan fingerprint density at radius 3 is 2.68 bits per heavy atom. The van der Waals surface area contributed by atoms with Crippen molar-refractivity contribution in [2.24, 2.45) is 0 Å². The first-order valence-corrected chi connectivity index (χ1v) is 7.66. The fraction of sp³-hybridized carbons (Fsp3) is 0.438. The highest BCUT2D eigenvalue weighted by Gasteiger charge is 2.17. The summed E-state index contributed by atoms with van der Waals surface area (Å²) >= 11 is 0. The third kappa shape index (κ3) is 2.81. The van der Waals surface area contributed by atoms with Crippen molar-refractivity contribution in [2.75, 3.05) is 13.1 Å². The highest BCUT2D eigenvalue weighted by Crippen LogP contribution is 2.10. The lowest BCUT2D eigenvalue weighted by Gasteiger charge is -2.20. The van der Waals surface area contributed by atoms with Gasteiger partial charge >= 0.3 is 5.69 Å². The van der Waals surface area contributed by atoms with E-state index in [9.17, 15) is 14.4 Å². The van der Waals surface area contributed by atoms with E-state index in [0.29, 0.717) is 30.4 Å². The van der Waals surface area contributed by atoms with Gasteiger partial charge in [-0.25, -0.2) is 4.79 Å². The SMILES string of the molecule is O=C1CCCCCN1CCn1c(=O)[nH]c2ccccc2c1=O. The summed E-state index contributed by atoms with van der Waals surface area (Å²) in [5.41, 5.74) is -0.188. The van der Waals surface area contributed by atoms with Gasteiger partial charge in [0.1, 0.15) is 0 Å². The minimum absolute atomic E-state index is 0.114. The number of para-hydroxylation sites is 1. The summed E-state index contributed by atoms with van der Waals surface area (Å²) in [5, 5.41) is 0.490. The molecule has 1 aromatic heterocycles. The summed E-state index contributed by atoms with van der Waals surface area (Å²) < 4.78 is 1.18. The average Bonchev–Trinajstić information content (AvgIpc) is 2.72. The third-order valence-corrected chi connectivity index (χ3v) is 4.15. The highest BCUT2D eigenvalue weighted by atomic mass is 16.2. The molecular formula is C16H19N3O3. The summed E-state index contributed by atoms with van der Waals surface area (Å²) in [4.78, 5) is 40.9. The van der Waals surface area contributed by atoms with E-state index in [4.69, 9.17) is 0 Å². The molecule has 0 bridgehead atoms. The van der Waals surface area contributed by atoms with Crippen LogP contribution in [0.3, 0.4) is 0 Å². The number of fused-ring (bicyclic) bond motifs is 1. The topological polar surface area (TPSA) is 75.2 Å². The quantitative estimate of drug-likeness (QED) is 0.922. The van der Waals surface area contributed by atoms with Gasteiger partial charge in [-0.15, -0.1) is 0 Å². The van der Waals surface area contributed by atoms with Gasteiger partial charge in [-0.2, -0.15) is 0 Å². The number of rotatable bonds is 3. The van der Waals surface area contributed by atoms with Gasteiger partial charge in [0.25, 0.3) is 5.56 Å². The second-order valence-electron chi connectivity index (χ2n) is 5.62. The van der Waals surface area contributed by atoms with Gasteiger partial charge in [-0.05, 0) is 25.0 Å². The average molecular weight is 301 g/mol. The molecule has 0 atom stereocenters. The summed E-state index contributed by atoms with van der Waals surface area (Å²) in [6.45, 7) is 1.34. The van der Waals surface area contributed by atoms with Gasteiger partial charge in [-0.3, -0.25) is 14.2 Å². The number of hydrogen-bond donors (Lipinski definition) is 1. The Morgan fingerprint density at radius 1 is 1.00 bits per heavy atom. The maximum Gasteiger partial charge on any atom is 0.328 e. The molecule has 1 aliphatic rings. The van der Waals surface area contributed by atoms with Gasteiger partial charge in [-0.1, -0.05) is 18.6 Å². The predicted molar refractivity (Wildman–Crippen MR) is 83.9 cm³/mol. The smallest absolute Gasteiger partial charge is 0.328 e. The van der Waals surface area contributed by atoms with Gasteiger partial charge in [0.05, 0.1) is 10.9 Å². The molecule has 0 saturated carbocycles. The molecule has 1 saturated heterocycles. The van der Waals surface area contributed by atoms with Crippen molar-refractivity contribution in [2.45, 2.75) is 32.2 Å². The Bertz CT molecular complexity index is 806. The minimum atomic E-state index is -0.425. The molecular weight excluding hydrogens is 282 g/mol. The second-order valence-corrected chi connectivity index (χ2v) is 5.62. The highest BCUT2D eigenvalue weighted by molar-refractivity contribution is 5.77. The third-order valence-electron chi connectivity index (χ3n) is 4.15. The molecule has 3 rings (SSSR count). The molecule has 2 heterocycles. The van der Waals surface area contributed by atoms with Crippen LogP contribution < -0.4 is 11.2 Å². The number of carbonyl (C=O) groups excluding carboxylic acids is 1. The molecule has 2 aromatic rings. The first kappa shape index (κ1) is 14.6. The summed E-state index contributed by atoms with van der Waals surface area (Å²) in [6.07, 6.45) is 3.52. The summed E-state index contributed by atoms with van der Waals surface area (Å²) in [6, 6.07) is 6.95. The molecule has 1 aromatic carbocycles. The van der Waals surface area contributed by atoms with Crippen LogP contribution in [0.4, 0.5) is 0 Å². The van der Waals surface area contributed by atoms with Crippen molar-refractivity contribution in [1.82, 2.24) is 14.5 Å². The minimum Gasteiger partial charge on any atom is -0.341 e. The number of nitrogens with zero attached hydrogens (tertiary/aromatic N) is 2. The second kappa shape index (κ2) is 6.17. The van der Waals surface area contributed by atoms with E-state index < -0.39 is 5.69 Å². The van der Waals surface area contributed by atoms with Crippen molar-refractivity contribution >= 4 is 16.8 Å². The van der Waals surface area contributed by atoms with E-state index in [2.05, 4.69) is 4.98 Å². The molecule has 1 aliphatic heterocycles. The number of H-pyrrole nitrogens is 1. The Balaban J connectivity index is 1.86. The van der Waals surface area contributed by atoms with Crippen molar-refractivity contribution in [1.29, 1.82) is 0 Å². The van der Waals surface area contributed by atoms with Crippen LogP contribution in [0.15, 0.2) is 33.9 Å². The molecule has 6 nitrogen and oxygen atoms in total. The predicted octanol–water partition coefficient (Wildman–Crippen LogP) is 1.09. The largest absolute Gasteiger partial charge is 0.341 e. The molecule has 116 valence electrons. The Morgan fingerprint density at radius 2 is 1.82 bits per heavy atom. The van der Waals surface area contributed by atoms with Crippen LogP contribution in [0.25, 0.3) is 10.9 Å². The van der Waals surface area contributed by atoms with E-state index in [1.165, 1.54) is 4.57 Å². The lowest BCUT2D eigenvalue weighted by molar-refractivity contribution is -0.130. The van der Waals surface area contributed by atoms with E-state index in [-0.39, 0.29) is 18.0 Å². The van der Waals surface area contributed by atoms with E-state index in [1.807, 2.05) is 0 Å². The number of nitrogens with one attached hydrogen (secondary N) is 1. The van der Waals surface area contributed by atoms with Crippen LogP contribution in [0.2, 0.25) is 0 Å². The zero-order chi connectivity index (χ0) is 15.5. The number of likely N-dealkylation sites (tertiary alicyclic amines) is 1. The van der Waals surface area contributed by atoms with Crippen molar-refractivity contribution < 1.29 is 4.79 Å². The lowest BCUT2D eigenvalue weighted by Crippen LogP contribution is -2.40. The van der Waals surface area contributed by atoms with Crippen LogP contribution in [0, 0.1) is 0 Å². The molecule has 0 radical (unpaired) electrons. The van der Waals surface area contributed by atoms with Gasteiger partial charge < -0.3 is 9.88 Å². The number of amides is 1. The fourth-order valence-corrected chi connectivity index (χ4v) is 2.90. The van der Waals surface area contributed by atoms with Crippen LogP contribution >= 0.6 is 0 Å². The Labute approximate surface area is 127 Å². The summed E-state index contributed by atoms with van der Waals surface area (Å²) in [5.74, 6) is 0.114. The zero-order valence-corrected chi connectivity index (χ0v) is 12.4. The molecule has 22 heavy (non-hydrogen) atoms. The molecule has 6 heteroatoms. The lowest BCUT2D eigenvalue weighted by atomic mass is 10.2.